The third kappa shape index (κ3) is 4.99. The molecule has 1 amide bonds. The molecule has 0 saturated heterocycles. The normalized spacial score (nSPS) is 10.2. The minimum absolute atomic E-state index is 0.0381. The number of benzene rings is 1. The Labute approximate surface area is 123 Å². The van der Waals surface area contributed by atoms with E-state index in [-0.39, 0.29) is 12.5 Å². The van der Waals surface area contributed by atoms with Crippen molar-refractivity contribution in [3.8, 4) is 0 Å². The maximum Gasteiger partial charge on any atom is 0.234 e. The zero-order valence-electron chi connectivity index (χ0n) is 11.0. The van der Waals surface area contributed by atoms with E-state index in [0.717, 1.165) is 11.1 Å². The topological polar surface area (TPSA) is 54.0 Å². The Kier molecular flexibility index (Phi) is 5.53. The molecule has 0 unspecified atom stereocenters. The van der Waals surface area contributed by atoms with Gasteiger partial charge in [-0.25, -0.2) is 0 Å². The molecule has 2 N–H and O–H groups in total. The van der Waals surface area contributed by atoms with Crippen LogP contribution in [0.4, 0.5) is 0 Å². The van der Waals surface area contributed by atoms with Crippen LogP contribution in [0.2, 0.25) is 5.02 Å². The summed E-state index contributed by atoms with van der Waals surface area (Å²) in [6, 6.07) is 11.2. The van der Waals surface area contributed by atoms with E-state index in [2.05, 4.69) is 15.6 Å². The van der Waals surface area contributed by atoms with Crippen LogP contribution in [0.1, 0.15) is 11.1 Å². The van der Waals surface area contributed by atoms with Crippen molar-refractivity contribution in [3.63, 3.8) is 0 Å². The molecule has 0 saturated carbocycles. The number of amides is 1. The number of carbonyl (C=O) groups is 1. The molecule has 0 atom stereocenters. The smallest absolute Gasteiger partial charge is 0.234 e. The van der Waals surface area contributed by atoms with Crippen LogP contribution in [0.15, 0.2) is 48.8 Å². The summed E-state index contributed by atoms with van der Waals surface area (Å²) in [5.41, 5.74) is 2.08. The van der Waals surface area contributed by atoms with Crippen LogP contribution in [0.25, 0.3) is 0 Å². The number of nitrogens with one attached hydrogen (secondary N) is 2. The molecule has 20 heavy (non-hydrogen) atoms. The third-order valence-electron chi connectivity index (χ3n) is 2.74. The van der Waals surface area contributed by atoms with Crippen molar-refractivity contribution in [1.29, 1.82) is 0 Å². The fraction of sp³-hybridized carbons (Fsp3) is 0.200. The predicted molar refractivity (Wildman–Crippen MR) is 79.2 cm³/mol. The Hall–Kier alpha value is -1.91. The zero-order valence-corrected chi connectivity index (χ0v) is 11.7. The summed E-state index contributed by atoms with van der Waals surface area (Å²) in [7, 11) is 0. The first-order valence-electron chi connectivity index (χ1n) is 6.35. The lowest BCUT2D eigenvalue weighted by Gasteiger charge is -2.07. The number of nitrogens with zero attached hydrogens (tertiary/aromatic N) is 1. The van der Waals surface area contributed by atoms with Gasteiger partial charge < -0.3 is 10.6 Å². The van der Waals surface area contributed by atoms with Gasteiger partial charge in [-0.05, 0) is 29.3 Å². The summed E-state index contributed by atoms with van der Waals surface area (Å²) in [4.78, 5) is 15.7. The van der Waals surface area contributed by atoms with Crippen LogP contribution in [-0.2, 0) is 17.9 Å². The van der Waals surface area contributed by atoms with Crippen LogP contribution < -0.4 is 10.6 Å². The molecule has 0 aliphatic heterocycles. The second-order valence-electron chi connectivity index (χ2n) is 4.37. The van der Waals surface area contributed by atoms with Gasteiger partial charge in [0, 0.05) is 30.5 Å². The van der Waals surface area contributed by atoms with Crippen LogP contribution in [0, 0.1) is 0 Å². The molecule has 0 aliphatic carbocycles. The van der Waals surface area contributed by atoms with E-state index in [1.54, 1.807) is 12.4 Å². The van der Waals surface area contributed by atoms with E-state index in [4.69, 9.17) is 11.6 Å². The average Bonchev–Trinajstić information content (AvgIpc) is 2.48. The highest BCUT2D eigenvalue weighted by Crippen LogP contribution is 2.08. The minimum Gasteiger partial charge on any atom is -0.351 e. The molecule has 0 bridgehead atoms. The molecule has 104 valence electrons. The Morgan fingerprint density at radius 2 is 1.90 bits per heavy atom. The van der Waals surface area contributed by atoms with Gasteiger partial charge in [-0.15, -0.1) is 0 Å². The van der Waals surface area contributed by atoms with Gasteiger partial charge in [0.15, 0.2) is 0 Å². The van der Waals surface area contributed by atoms with E-state index in [9.17, 15) is 4.79 Å². The highest BCUT2D eigenvalue weighted by molar-refractivity contribution is 6.30. The molecule has 1 aromatic heterocycles. The van der Waals surface area contributed by atoms with Crippen molar-refractivity contribution >= 4 is 17.5 Å². The molecular formula is C15H16ClN3O. The van der Waals surface area contributed by atoms with Crippen molar-refractivity contribution in [2.24, 2.45) is 0 Å². The Bertz CT molecular complexity index is 543. The summed E-state index contributed by atoms with van der Waals surface area (Å²) < 4.78 is 0. The first-order valence-corrected chi connectivity index (χ1v) is 6.72. The highest BCUT2D eigenvalue weighted by Gasteiger charge is 2.01. The standard InChI is InChI=1S/C15H16ClN3O/c16-14-5-3-12(4-6-14)10-19-15(20)11-18-9-13-2-1-7-17-8-13/h1-8,18H,9-11H2,(H,19,20). The van der Waals surface area contributed by atoms with E-state index in [1.165, 1.54) is 0 Å². The zero-order chi connectivity index (χ0) is 14.2. The largest absolute Gasteiger partial charge is 0.351 e. The Balaban J connectivity index is 1.67. The number of carbonyl (C=O) groups excluding carboxylic acids is 1. The van der Waals surface area contributed by atoms with E-state index in [0.29, 0.717) is 18.1 Å². The first-order chi connectivity index (χ1) is 9.74. The Morgan fingerprint density at radius 1 is 1.10 bits per heavy atom. The molecule has 1 heterocycles. The highest BCUT2D eigenvalue weighted by atomic mass is 35.5. The molecular weight excluding hydrogens is 274 g/mol. The number of hydrogen-bond donors (Lipinski definition) is 2. The number of aromatic nitrogens is 1. The van der Waals surface area contributed by atoms with E-state index in [1.807, 2.05) is 36.4 Å². The molecule has 1 aromatic carbocycles. The van der Waals surface area contributed by atoms with Crippen molar-refractivity contribution in [3.05, 3.63) is 64.9 Å². The summed E-state index contributed by atoms with van der Waals surface area (Å²) >= 11 is 5.80. The van der Waals surface area contributed by atoms with Crippen LogP contribution in [-0.4, -0.2) is 17.4 Å². The van der Waals surface area contributed by atoms with Crippen molar-refractivity contribution < 1.29 is 4.79 Å². The summed E-state index contributed by atoms with van der Waals surface area (Å²) in [6.45, 7) is 1.41. The van der Waals surface area contributed by atoms with Gasteiger partial charge in [0.1, 0.15) is 0 Å². The van der Waals surface area contributed by atoms with Crippen LogP contribution in [0.3, 0.4) is 0 Å². The quantitative estimate of drug-likeness (QED) is 0.857. The third-order valence-corrected chi connectivity index (χ3v) is 2.99. The van der Waals surface area contributed by atoms with Gasteiger partial charge >= 0.3 is 0 Å². The SMILES string of the molecule is O=C(CNCc1cccnc1)NCc1ccc(Cl)cc1. The fourth-order valence-electron chi connectivity index (χ4n) is 1.69. The van der Waals surface area contributed by atoms with E-state index >= 15 is 0 Å². The number of halogens is 1. The molecule has 2 aromatic rings. The van der Waals surface area contributed by atoms with Gasteiger partial charge in [-0.2, -0.15) is 0 Å². The molecule has 0 aliphatic rings. The van der Waals surface area contributed by atoms with Gasteiger partial charge in [0.2, 0.25) is 5.91 Å². The van der Waals surface area contributed by atoms with Crippen molar-refractivity contribution in [1.82, 2.24) is 15.6 Å². The lowest BCUT2D eigenvalue weighted by atomic mass is 10.2. The van der Waals surface area contributed by atoms with Crippen molar-refractivity contribution in [2.45, 2.75) is 13.1 Å². The van der Waals surface area contributed by atoms with Crippen molar-refractivity contribution in [2.75, 3.05) is 6.54 Å². The maximum atomic E-state index is 11.7. The fourth-order valence-corrected chi connectivity index (χ4v) is 1.81. The van der Waals surface area contributed by atoms with E-state index < -0.39 is 0 Å². The monoisotopic (exact) mass is 289 g/mol. The molecule has 2 rings (SSSR count). The summed E-state index contributed by atoms with van der Waals surface area (Å²) in [5.74, 6) is -0.0381. The predicted octanol–water partition coefficient (Wildman–Crippen LogP) is 2.14. The Morgan fingerprint density at radius 3 is 2.60 bits per heavy atom. The van der Waals surface area contributed by atoms with Gasteiger partial charge in [-0.1, -0.05) is 29.8 Å². The molecule has 5 heteroatoms. The summed E-state index contributed by atoms with van der Waals surface area (Å²) in [6.07, 6.45) is 3.50. The lowest BCUT2D eigenvalue weighted by molar-refractivity contribution is -0.120. The molecule has 0 spiro atoms. The molecule has 4 nitrogen and oxygen atoms in total. The number of pyridine rings is 1. The second-order valence-corrected chi connectivity index (χ2v) is 4.80. The summed E-state index contributed by atoms with van der Waals surface area (Å²) in [5, 5.41) is 6.61. The van der Waals surface area contributed by atoms with Gasteiger partial charge in [-0.3, -0.25) is 9.78 Å². The second kappa shape index (κ2) is 7.62. The minimum atomic E-state index is -0.0381. The molecule has 0 fully saturated rings. The number of rotatable bonds is 6. The molecule has 0 radical (unpaired) electrons. The van der Waals surface area contributed by atoms with Gasteiger partial charge in [0.05, 0.1) is 6.54 Å². The number of hydrogen-bond acceptors (Lipinski definition) is 3. The van der Waals surface area contributed by atoms with Crippen LogP contribution in [0.5, 0.6) is 0 Å². The van der Waals surface area contributed by atoms with Gasteiger partial charge in [0.25, 0.3) is 0 Å². The maximum absolute atomic E-state index is 11.7. The lowest BCUT2D eigenvalue weighted by Crippen LogP contribution is -2.33. The average molecular weight is 290 g/mol. The van der Waals surface area contributed by atoms with Crippen LogP contribution >= 0.6 is 11.6 Å². The first kappa shape index (κ1) is 14.5.